The third-order valence-corrected chi connectivity index (χ3v) is 4.99. The predicted molar refractivity (Wildman–Crippen MR) is 98.6 cm³/mol. The van der Waals surface area contributed by atoms with E-state index in [-0.39, 0.29) is 30.2 Å². The molecule has 0 fully saturated rings. The summed E-state index contributed by atoms with van der Waals surface area (Å²) < 4.78 is 13.0. The van der Waals surface area contributed by atoms with Crippen molar-refractivity contribution in [2.75, 3.05) is 11.9 Å². The Morgan fingerprint density at radius 3 is 2.73 bits per heavy atom. The number of urea groups is 1. The predicted octanol–water partition coefficient (Wildman–Crippen LogP) is 2.94. The van der Waals surface area contributed by atoms with Crippen molar-refractivity contribution in [3.05, 3.63) is 46.2 Å². The van der Waals surface area contributed by atoms with Gasteiger partial charge in [-0.1, -0.05) is 23.5 Å². The van der Waals surface area contributed by atoms with Crippen LogP contribution in [-0.4, -0.2) is 34.4 Å². The lowest BCUT2D eigenvalue weighted by Gasteiger charge is -2.26. The van der Waals surface area contributed by atoms with Gasteiger partial charge in [0.05, 0.1) is 18.7 Å². The molecule has 3 rings (SSSR count). The molecule has 0 saturated carbocycles. The van der Waals surface area contributed by atoms with E-state index in [1.165, 1.54) is 23.5 Å². The second-order valence-electron chi connectivity index (χ2n) is 6.51. The average molecular weight is 376 g/mol. The minimum Gasteiger partial charge on any atom is -0.337 e. The van der Waals surface area contributed by atoms with Gasteiger partial charge in [0.15, 0.2) is 5.13 Å². The lowest BCUT2D eigenvalue weighted by Crippen LogP contribution is -2.36. The fourth-order valence-corrected chi connectivity index (χ4v) is 3.76. The SMILES string of the molecule is CC(C)NC(=O)Nc1nc2c(s1)CN(C(=O)Cc1ccc(F)cc1)CC2. The minimum atomic E-state index is -0.310. The van der Waals surface area contributed by atoms with Gasteiger partial charge in [0.2, 0.25) is 5.91 Å². The van der Waals surface area contributed by atoms with Gasteiger partial charge in [-0.05, 0) is 31.5 Å². The van der Waals surface area contributed by atoms with E-state index in [2.05, 4.69) is 15.6 Å². The second kappa shape index (κ2) is 7.82. The summed E-state index contributed by atoms with van der Waals surface area (Å²) >= 11 is 1.39. The first-order chi connectivity index (χ1) is 12.4. The van der Waals surface area contributed by atoms with Gasteiger partial charge in [0, 0.05) is 23.9 Å². The molecule has 3 amide bonds. The fourth-order valence-electron chi connectivity index (χ4n) is 2.75. The van der Waals surface area contributed by atoms with Crippen LogP contribution in [0.2, 0.25) is 0 Å². The molecule has 0 spiro atoms. The Morgan fingerprint density at radius 2 is 2.04 bits per heavy atom. The number of carbonyl (C=O) groups excluding carboxylic acids is 2. The summed E-state index contributed by atoms with van der Waals surface area (Å²) in [6.07, 6.45) is 0.908. The number of aromatic nitrogens is 1. The molecule has 2 N–H and O–H groups in total. The molecule has 1 aromatic carbocycles. The maximum atomic E-state index is 13.0. The number of hydrogen-bond donors (Lipinski definition) is 2. The number of thiazole rings is 1. The highest BCUT2D eigenvalue weighted by Crippen LogP contribution is 2.28. The summed E-state index contributed by atoms with van der Waals surface area (Å²) in [6.45, 7) is 4.85. The maximum absolute atomic E-state index is 13.0. The van der Waals surface area contributed by atoms with Crippen LogP contribution < -0.4 is 10.6 Å². The quantitative estimate of drug-likeness (QED) is 0.862. The highest BCUT2D eigenvalue weighted by Gasteiger charge is 2.24. The summed E-state index contributed by atoms with van der Waals surface area (Å²) in [5.41, 5.74) is 1.72. The van der Waals surface area contributed by atoms with E-state index in [9.17, 15) is 14.0 Å². The first kappa shape index (κ1) is 18.3. The van der Waals surface area contributed by atoms with Gasteiger partial charge in [0.1, 0.15) is 5.82 Å². The molecule has 6 nitrogen and oxygen atoms in total. The van der Waals surface area contributed by atoms with Gasteiger partial charge < -0.3 is 10.2 Å². The smallest absolute Gasteiger partial charge is 0.321 e. The molecular formula is C18H21FN4O2S. The van der Waals surface area contributed by atoms with Gasteiger partial charge in [-0.15, -0.1) is 0 Å². The van der Waals surface area contributed by atoms with Crippen molar-refractivity contribution in [2.24, 2.45) is 0 Å². The monoisotopic (exact) mass is 376 g/mol. The fraction of sp³-hybridized carbons (Fsp3) is 0.389. The van der Waals surface area contributed by atoms with E-state index in [1.807, 2.05) is 13.8 Å². The number of benzene rings is 1. The lowest BCUT2D eigenvalue weighted by atomic mass is 10.1. The molecule has 2 heterocycles. The Labute approximate surface area is 155 Å². The molecule has 2 aromatic rings. The molecule has 0 saturated heterocycles. The largest absolute Gasteiger partial charge is 0.337 e. The number of fused-ring (bicyclic) bond motifs is 1. The molecular weight excluding hydrogens is 355 g/mol. The maximum Gasteiger partial charge on any atom is 0.321 e. The van der Waals surface area contributed by atoms with Crippen LogP contribution in [-0.2, 0) is 24.2 Å². The molecule has 1 aliphatic heterocycles. The highest BCUT2D eigenvalue weighted by atomic mass is 32.1. The Balaban J connectivity index is 1.61. The molecule has 138 valence electrons. The van der Waals surface area contributed by atoms with Crippen LogP contribution in [0.25, 0.3) is 0 Å². The summed E-state index contributed by atoms with van der Waals surface area (Å²) in [7, 11) is 0. The molecule has 0 atom stereocenters. The van der Waals surface area contributed by atoms with Crippen molar-refractivity contribution in [1.82, 2.24) is 15.2 Å². The average Bonchev–Trinajstić information content (AvgIpc) is 2.97. The zero-order chi connectivity index (χ0) is 18.7. The molecule has 8 heteroatoms. The van der Waals surface area contributed by atoms with Crippen molar-refractivity contribution < 1.29 is 14.0 Å². The normalized spacial score (nSPS) is 13.5. The number of rotatable bonds is 4. The van der Waals surface area contributed by atoms with Crippen LogP contribution in [0.1, 0.15) is 30.0 Å². The zero-order valence-electron chi connectivity index (χ0n) is 14.7. The molecule has 1 aliphatic rings. The molecule has 0 unspecified atom stereocenters. The summed E-state index contributed by atoms with van der Waals surface area (Å²) in [6, 6.07) is 5.75. The summed E-state index contributed by atoms with van der Waals surface area (Å²) in [5.74, 6) is -0.308. The van der Waals surface area contributed by atoms with E-state index in [4.69, 9.17) is 0 Å². The number of amides is 3. The van der Waals surface area contributed by atoms with Gasteiger partial charge in [0.25, 0.3) is 0 Å². The third-order valence-electron chi connectivity index (χ3n) is 3.99. The van der Waals surface area contributed by atoms with Crippen LogP contribution in [0.15, 0.2) is 24.3 Å². The van der Waals surface area contributed by atoms with E-state index < -0.39 is 0 Å². The standard InChI is InChI=1S/C18H21FN4O2S/c1-11(2)20-17(25)22-18-21-14-7-8-23(10-15(14)26-18)16(24)9-12-3-5-13(19)6-4-12/h3-6,11H,7-10H2,1-2H3,(H2,20,21,22,25). The van der Waals surface area contributed by atoms with Crippen molar-refractivity contribution in [2.45, 2.75) is 39.3 Å². The van der Waals surface area contributed by atoms with Crippen LogP contribution in [0, 0.1) is 5.82 Å². The van der Waals surface area contributed by atoms with Crippen LogP contribution in [0.5, 0.6) is 0 Å². The third kappa shape index (κ3) is 4.57. The highest BCUT2D eigenvalue weighted by molar-refractivity contribution is 7.15. The number of nitrogens with one attached hydrogen (secondary N) is 2. The summed E-state index contributed by atoms with van der Waals surface area (Å²) in [4.78, 5) is 31.5. The van der Waals surface area contributed by atoms with Crippen molar-refractivity contribution in [1.29, 1.82) is 0 Å². The first-order valence-corrected chi connectivity index (χ1v) is 9.30. The van der Waals surface area contributed by atoms with Crippen molar-refractivity contribution >= 4 is 28.4 Å². The van der Waals surface area contributed by atoms with Crippen molar-refractivity contribution in [3.63, 3.8) is 0 Å². The van der Waals surface area contributed by atoms with Crippen LogP contribution in [0.3, 0.4) is 0 Å². The van der Waals surface area contributed by atoms with Crippen LogP contribution in [0.4, 0.5) is 14.3 Å². The second-order valence-corrected chi connectivity index (χ2v) is 7.59. The molecule has 0 aliphatic carbocycles. The number of hydrogen-bond acceptors (Lipinski definition) is 4. The van der Waals surface area contributed by atoms with E-state index in [0.29, 0.717) is 24.6 Å². The number of anilines is 1. The molecule has 0 radical (unpaired) electrons. The Kier molecular flexibility index (Phi) is 5.51. The Bertz CT molecular complexity index is 804. The lowest BCUT2D eigenvalue weighted by molar-refractivity contribution is -0.131. The Hall–Kier alpha value is -2.48. The molecule has 26 heavy (non-hydrogen) atoms. The molecule has 0 bridgehead atoms. The van der Waals surface area contributed by atoms with Gasteiger partial charge in [-0.2, -0.15) is 0 Å². The summed E-state index contributed by atoms with van der Waals surface area (Å²) in [5, 5.41) is 6.04. The van der Waals surface area contributed by atoms with Gasteiger partial charge >= 0.3 is 6.03 Å². The van der Waals surface area contributed by atoms with E-state index in [0.717, 1.165) is 16.1 Å². The Morgan fingerprint density at radius 1 is 1.31 bits per heavy atom. The first-order valence-electron chi connectivity index (χ1n) is 8.49. The topological polar surface area (TPSA) is 74.3 Å². The minimum absolute atomic E-state index is 0.00252. The van der Waals surface area contributed by atoms with E-state index >= 15 is 0 Å². The molecule has 1 aromatic heterocycles. The van der Waals surface area contributed by atoms with Crippen molar-refractivity contribution in [3.8, 4) is 0 Å². The van der Waals surface area contributed by atoms with Gasteiger partial charge in [-0.25, -0.2) is 14.2 Å². The number of halogens is 1. The van der Waals surface area contributed by atoms with E-state index in [1.54, 1.807) is 17.0 Å². The van der Waals surface area contributed by atoms with Crippen LogP contribution >= 0.6 is 11.3 Å². The van der Waals surface area contributed by atoms with Gasteiger partial charge in [-0.3, -0.25) is 10.1 Å². The zero-order valence-corrected chi connectivity index (χ0v) is 15.5. The number of carbonyl (C=O) groups is 2. The number of nitrogens with zero attached hydrogens (tertiary/aromatic N) is 2.